The van der Waals surface area contributed by atoms with Crippen molar-refractivity contribution in [1.29, 1.82) is 0 Å². The summed E-state index contributed by atoms with van der Waals surface area (Å²) in [6.45, 7) is 2.19. The molecule has 7 nitrogen and oxygen atoms in total. The van der Waals surface area contributed by atoms with Crippen molar-refractivity contribution in [3.63, 3.8) is 0 Å². The van der Waals surface area contributed by atoms with E-state index in [0.717, 1.165) is 19.3 Å². The summed E-state index contributed by atoms with van der Waals surface area (Å²) in [4.78, 5) is 22.9. The number of unbranched alkanes of at least 4 members (excludes halogenated alkanes) is 10. The van der Waals surface area contributed by atoms with Crippen LogP contribution in [0.15, 0.2) is 11.1 Å². The fraction of sp³-hybridized carbons (Fsp3) is 0.800. The van der Waals surface area contributed by atoms with Gasteiger partial charge in [0.1, 0.15) is 0 Å². The molecule has 0 aliphatic carbocycles. The summed E-state index contributed by atoms with van der Waals surface area (Å²) in [6.07, 6.45) is 11.5. The van der Waals surface area contributed by atoms with E-state index in [1.165, 1.54) is 38.5 Å². The van der Waals surface area contributed by atoms with Crippen molar-refractivity contribution in [1.82, 2.24) is 0 Å². The van der Waals surface area contributed by atoms with E-state index in [0.29, 0.717) is 6.42 Å². The van der Waals surface area contributed by atoms with Gasteiger partial charge in [-0.05, 0) is 32.1 Å². The number of carboxylic acids is 2. The second kappa shape index (κ2) is 18.4. The number of rotatable bonds is 18. The van der Waals surface area contributed by atoms with E-state index < -0.39 is 27.8 Å². The van der Waals surface area contributed by atoms with E-state index in [4.69, 9.17) is 4.55 Å². The van der Waals surface area contributed by atoms with Crippen molar-refractivity contribution in [2.75, 3.05) is 5.75 Å². The zero-order valence-corrected chi connectivity index (χ0v) is 20.8. The summed E-state index contributed by atoms with van der Waals surface area (Å²) < 4.78 is 30.1. The molecular formula is C20H37NaO7S. The minimum absolute atomic E-state index is 0. The Morgan fingerprint density at radius 3 is 1.38 bits per heavy atom. The molecule has 3 N–H and O–H groups in total. The molecule has 0 unspecified atom stereocenters. The van der Waals surface area contributed by atoms with Crippen LogP contribution < -0.4 is 29.6 Å². The van der Waals surface area contributed by atoms with E-state index in [1.54, 1.807) is 0 Å². The van der Waals surface area contributed by atoms with Gasteiger partial charge in [0.2, 0.25) is 0 Å². The van der Waals surface area contributed by atoms with Gasteiger partial charge in [-0.1, -0.05) is 64.7 Å². The van der Waals surface area contributed by atoms with Crippen molar-refractivity contribution in [2.45, 2.75) is 96.8 Å². The van der Waals surface area contributed by atoms with Gasteiger partial charge in [0.15, 0.2) is 0 Å². The fourth-order valence-electron chi connectivity index (χ4n) is 3.15. The van der Waals surface area contributed by atoms with Crippen LogP contribution in [0.25, 0.3) is 0 Å². The van der Waals surface area contributed by atoms with E-state index in [-0.39, 0.29) is 67.8 Å². The van der Waals surface area contributed by atoms with Gasteiger partial charge >= 0.3 is 41.5 Å². The number of hydrogen-bond donors (Lipinski definition) is 3. The first kappa shape index (κ1) is 30.8. The second-order valence-electron chi connectivity index (χ2n) is 7.24. The molecule has 0 radical (unpaired) electrons. The molecule has 0 fully saturated rings. The molecule has 0 amide bonds. The third kappa shape index (κ3) is 18.1. The van der Waals surface area contributed by atoms with E-state index in [1.807, 2.05) is 0 Å². The van der Waals surface area contributed by atoms with E-state index >= 15 is 0 Å². The van der Waals surface area contributed by atoms with Crippen LogP contribution in [0.3, 0.4) is 0 Å². The standard InChI is InChI=1S/C20H36O7S.Na.H/c1-2-3-4-5-6-7-8-9-10-11-14-17(19(21)22)18(20(23)24)15-12-13-16-28(25,26)27;;/h2-16H2,1H3,(H,21,22)(H,23,24)(H,25,26,27);;/q;+1;-1/b18-17-;;. The molecule has 0 atom stereocenters. The van der Waals surface area contributed by atoms with Gasteiger partial charge in [-0.25, -0.2) is 9.59 Å². The summed E-state index contributed by atoms with van der Waals surface area (Å²) in [7, 11) is -4.09. The third-order valence-corrected chi connectivity index (χ3v) is 5.54. The largest absolute Gasteiger partial charge is 1.00 e. The average Bonchev–Trinajstić information content (AvgIpc) is 2.59. The van der Waals surface area contributed by atoms with Crippen molar-refractivity contribution in [3.05, 3.63) is 11.1 Å². The molecule has 0 aromatic rings. The molecule has 0 aliphatic heterocycles. The molecule has 0 saturated carbocycles. The minimum Gasteiger partial charge on any atom is -1.00 e. The maximum atomic E-state index is 11.5. The maximum Gasteiger partial charge on any atom is 1.00 e. The van der Waals surface area contributed by atoms with Gasteiger partial charge < -0.3 is 11.6 Å². The molecule has 0 heterocycles. The second-order valence-corrected chi connectivity index (χ2v) is 8.81. The quantitative estimate of drug-likeness (QED) is 0.127. The number of aliphatic carboxylic acids is 2. The predicted molar refractivity (Wildman–Crippen MR) is 110 cm³/mol. The van der Waals surface area contributed by atoms with E-state index in [9.17, 15) is 28.2 Å². The van der Waals surface area contributed by atoms with Crippen LogP contribution in [-0.2, 0) is 19.7 Å². The molecule has 29 heavy (non-hydrogen) atoms. The summed E-state index contributed by atoms with van der Waals surface area (Å²) in [6, 6.07) is 0. The summed E-state index contributed by atoms with van der Waals surface area (Å²) in [5.41, 5.74) is -0.266. The van der Waals surface area contributed by atoms with Crippen LogP contribution in [0.5, 0.6) is 0 Å². The molecule has 166 valence electrons. The van der Waals surface area contributed by atoms with Gasteiger partial charge in [-0.3, -0.25) is 4.55 Å². The number of carboxylic acid groups (broad SMARTS) is 2. The van der Waals surface area contributed by atoms with Crippen molar-refractivity contribution in [3.8, 4) is 0 Å². The molecule has 0 aromatic carbocycles. The Bertz CT molecular complexity index is 606. The Kier molecular flexibility index (Phi) is 19.5. The monoisotopic (exact) mass is 444 g/mol. The molecule has 9 heteroatoms. The van der Waals surface area contributed by atoms with Crippen LogP contribution in [0.1, 0.15) is 98.2 Å². The van der Waals surface area contributed by atoms with Gasteiger partial charge in [-0.2, -0.15) is 8.42 Å². The SMILES string of the molecule is CCCCCCCCCCCC/C(C(=O)O)=C(\CCCCS(=O)(=O)O)C(=O)O.[H-].[Na+]. The molecule has 0 bridgehead atoms. The van der Waals surface area contributed by atoms with Gasteiger partial charge in [-0.15, -0.1) is 0 Å². The predicted octanol–water partition coefficient (Wildman–Crippen LogP) is 1.94. The average molecular weight is 445 g/mol. The van der Waals surface area contributed by atoms with Crippen LogP contribution in [0.4, 0.5) is 0 Å². The Hall–Kier alpha value is -0.410. The molecule has 0 saturated heterocycles. The Labute approximate surface area is 198 Å². The summed E-state index contributed by atoms with van der Waals surface area (Å²) >= 11 is 0. The fourth-order valence-corrected chi connectivity index (χ4v) is 3.72. The minimum atomic E-state index is -4.09. The molecule has 0 aliphatic rings. The first-order valence-corrected chi connectivity index (χ1v) is 11.9. The molecular weight excluding hydrogens is 407 g/mol. The Morgan fingerprint density at radius 2 is 1.03 bits per heavy atom. The summed E-state index contributed by atoms with van der Waals surface area (Å²) in [5, 5.41) is 18.7. The van der Waals surface area contributed by atoms with Gasteiger partial charge in [0.25, 0.3) is 10.1 Å². The van der Waals surface area contributed by atoms with Crippen molar-refractivity contribution < 1.29 is 63.8 Å². The van der Waals surface area contributed by atoms with E-state index in [2.05, 4.69) is 6.92 Å². The van der Waals surface area contributed by atoms with Gasteiger partial charge in [0.05, 0.1) is 5.75 Å². The van der Waals surface area contributed by atoms with Gasteiger partial charge in [0, 0.05) is 11.1 Å². The van der Waals surface area contributed by atoms with Crippen LogP contribution in [0, 0.1) is 0 Å². The zero-order valence-electron chi connectivity index (χ0n) is 19.0. The number of hydrogen-bond acceptors (Lipinski definition) is 4. The number of carbonyl (C=O) groups is 2. The topological polar surface area (TPSA) is 129 Å². The first-order chi connectivity index (χ1) is 13.2. The molecule has 0 aromatic heterocycles. The van der Waals surface area contributed by atoms with Crippen LogP contribution >= 0.6 is 0 Å². The molecule has 0 rings (SSSR count). The van der Waals surface area contributed by atoms with Crippen molar-refractivity contribution >= 4 is 22.1 Å². The van der Waals surface area contributed by atoms with Crippen LogP contribution in [-0.4, -0.2) is 40.9 Å². The zero-order chi connectivity index (χ0) is 21.4. The maximum absolute atomic E-state index is 11.5. The Balaban J connectivity index is -0.00000364. The molecule has 0 spiro atoms. The summed E-state index contributed by atoms with van der Waals surface area (Å²) in [5.74, 6) is -2.97. The van der Waals surface area contributed by atoms with Crippen molar-refractivity contribution in [2.24, 2.45) is 0 Å². The first-order valence-electron chi connectivity index (χ1n) is 10.3. The third-order valence-electron chi connectivity index (χ3n) is 4.74. The van der Waals surface area contributed by atoms with Crippen LogP contribution in [0.2, 0.25) is 0 Å². The normalized spacial score (nSPS) is 12.2. The Morgan fingerprint density at radius 1 is 0.690 bits per heavy atom. The smallest absolute Gasteiger partial charge is 1.00 e.